The molecule has 3 rings (SSSR count). The first-order chi connectivity index (χ1) is 25.6. The molecule has 3 aromatic rings. The van der Waals surface area contributed by atoms with Gasteiger partial charge in [0.25, 0.3) is 5.91 Å². The van der Waals surface area contributed by atoms with Gasteiger partial charge in [-0.2, -0.15) is 0 Å². The van der Waals surface area contributed by atoms with Gasteiger partial charge in [-0.3, -0.25) is 4.79 Å². The highest BCUT2D eigenvalue weighted by atomic mass is 32.2. The van der Waals surface area contributed by atoms with Crippen molar-refractivity contribution in [3.63, 3.8) is 0 Å². The fraction of sp³-hybridized carbons (Fsp3) is 0.583. The molecule has 14 nitrogen and oxygen atoms in total. The zero-order valence-corrected chi connectivity index (χ0v) is 32.2. The van der Waals surface area contributed by atoms with E-state index < -0.39 is 0 Å². The minimum Gasteiger partial charge on any atom is -0.379 e. The second-order valence-electron chi connectivity index (χ2n) is 10.9. The average Bonchev–Trinajstić information content (AvgIpc) is 3.19. The van der Waals surface area contributed by atoms with Crippen LogP contribution in [0.2, 0.25) is 0 Å². The molecule has 1 N–H and O–H groups in total. The summed E-state index contributed by atoms with van der Waals surface area (Å²) in [6.07, 6.45) is 11.9. The van der Waals surface area contributed by atoms with Crippen LogP contribution in [0, 0.1) is 0 Å². The van der Waals surface area contributed by atoms with Crippen molar-refractivity contribution in [1.29, 1.82) is 0 Å². The summed E-state index contributed by atoms with van der Waals surface area (Å²) < 4.78 is 43.9. The number of benzene rings is 1. The lowest BCUT2D eigenvalue weighted by Gasteiger charge is -2.11. The van der Waals surface area contributed by atoms with Crippen LogP contribution >= 0.6 is 23.5 Å². The van der Waals surface area contributed by atoms with Gasteiger partial charge in [-0.1, -0.05) is 30.4 Å². The van der Waals surface area contributed by atoms with Crippen LogP contribution in [-0.2, 0) is 37.9 Å². The van der Waals surface area contributed by atoms with E-state index in [1.807, 2.05) is 30.7 Å². The molecule has 2 heterocycles. The van der Waals surface area contributed by atoms with Crippen molar-refractivity contribution < 1.29 is 42.7 Å². The van der Waals surface area contributed by atoms with E-state index in [2.05, 4.69) is 32.2 Å². The molecule has 0 bridgehead atoms. The van der Waals surface area contributed by atoms with Crippen molar-refractivity contribution in [2.24, 2.45) is 0 Å². The van der Waals surface area contributed by atoms with Crippen LogP contribution in [0.5, 0.6) is 0 Å². The molecule has 0 atom stereocenters. The number of ether oxygens (including phenoxy) is 8. The molecule has 0 spiro atoms. The van der Waals surface area contributed by atoms with Gasteiger partial charge in [0.15, 0.2) is 10.3 Å². The van der Waals surface area contributed by atoms with Gasteiger partial charge in [-0.05, 0) is 48.3 Å². The Labute approximate surface area is 315 Å². The van der Waals surface area contributed by atoms with Crippen LogP contribution in [-0.4, -0.2) is 151 Å². The van der Waals surface area contributed by atoms with E-state index in [9.17, 15) is 4.79 Å². The van der Waals surface area contributed by atoms with E-state index in [4.69, 9.17) is 37.9 Å². The number of carbonyl (C=O) groups excluding carboxylic acids is 1. The Morgan fingerprint density at radius 1 is 0.500 bits per heavy atom. The number of aromatic nitrogens is 4. The van der Waals surface area contributed by atoms with Gasteiger partial charge in [0.05, 0.1) is 99.1 Å². The normalized spacial score (nSPS) is 11.3. The van der Waals surface area contributed by atoms with Gasteiger partial charge >= 0.3 is 0 Å². The molecule has 0 saturated carbocycles. The van der Waals surface area contributed by atoms with Gasteiger partial charge in [-0.15, -0.1) is 0 Å². The summed E-state index contributed by atoms with van der Waals surface area (Å²) in [7, 11) is 0. The first-order valence-electron chi connectivity index (χ1n) is 17.4. The van der Waals surface area contributed by atoms with Gasteiger partial charge in [-0.25, -0.2) is 19.9 Å². The number of hydrogen-bond acceptors (Lipinski definition) is 15. The maximum atomic E-state index is 13.1. The van der Waals surface area contributed by atoms with Gasteiger partial charge < -0.3 is 43.2 Å². The second-order valence-corrected chi connectivity index (χ2v) is 12.4. The van der Waals surface area contributed by atoms with Crippen molar-refractivity contribution in [2.45, 2.75) is 23.7 Å². The molecule has 0 aliphatic carbocycles. The fourth-order valence-electron chi connectivity index (χ4n) is 4.36. The van der Waals surface area contributed by atoms with Crippen molar-refractivity contribution in [1.82, 2.24) is 25.3 Å². The Morgan fingerprint density at radius 2 is 0.827 bits per heavy atom. The average molecular weight is 764 g/mol. The molecule has 0 saturated heterocycles. The quantitative estimate of drug-likeness (QED) is 0.0562. The first-order valence-corrected chi connectivity index (χ1v) is 19.9. The van der Waals surface area contributed by atoms with Gasteiger partial charge in [0.2, 0.25) is 0 Å². The highest BCUT2D eigenvalue weighted by Gasteiger charge is 2.13. The summed E-state index contributed by atoms with van der Waals surface area (Å²) in [5.41, 5.74) is 3.75. The standard InChI is InChI=1S/C36H53N5O9S2/c1-4-6-43-8-10-45-12-14-47-16-18-49-20-21-50-19-17-48-15-13-46-11-9-44-7-5-37-34(42)31-23-29(32-25-38-35(51-2)39-26-32)22-30(24-31)33-27-40-36(52-3)41-28-33/h22-28H,4-21H2,1-3H3,(H,37,42). The third kappa shape index (κ3) is 18.8. The molecule has 0 unspecified atom stereocenters. The molecular weight excluding hydrogens is 711 g/mol. The highest BCUT2D eigenvalue weighted by Crippen LogP contribution is 2.28. The highest BCUT2D eigenvalue weighted by molar-refractivity contribution is 7.98. The molecule has 288 valence electrons. The number of rotatable bonds is 31. The Morgan fingerprint density at radius 3 is 1.15 bits per heavy atom. The fourth-order valence-corrected chi connectivity index (χ4v) is 4.99. The number of amides is 1. The van der Waals surface area contributed by atoms with Crippen molar-refractivity contribution >= 4 is 29.4 Å². The molecule has 16 heteroatoms. The van der Waals surface area contributed by atoms with E-state index in [1.54, 1.807) is 24.8 Å². The van der Waals surface area contributed by atoms with E-state index in [0.29, 0.717) is 122 Å². The first kappa shape index (κ1) is 43.6. The summed E-state index contributed by atoms with van der Waals surface area (Å²) >= 11 is 2.94. The number of nitrogens with one attached hydrogen (secondary N) is 1. The van der Waals surface area contributed by atoms with Gasteiger partial charge in [0, 0.05) is 54.6 Å². The lowest BCUT2D eigenvalue weighted by Crippen LogP contribution is -2.27. The summed E-state index contributed by atoms with van der Waals surface area (Å²) in [6.45, 7) is 10.6. The monoisotopic (exact) mass is 763 g/mol. The zero-order chi connectivity index (χ0) is 36.9. The minimum atomic E-state index is -0.216. The largest absolute Gasteiger partial charge is 0.379 e. The van der Waals surface area contributed by atoms with Crippen LogP contribution in [0.1, 0.15) is 23.7 Å². The summed E-state index contributed by atoms with van der Waals surface area (Å²) in [5.74, 6) is -0.216. The van der Waals surface area contributed by atoms with E-state index in [-0.39, 0.29) is 5.91 Å². The maximum Gasteiger partial charge on any atom is 0.251 e. The molecular formula is C36H53N5O9S2. The summed E-state index contributed by atoms with van der Waals surface area (Å²) in [6, 6.07) is 5.64. The number of carbonyl (C=O) groups is 1. The SMILES string of the molecule is CCCOCCOCCOCCOCCOCCOCCOCCOCCNC(=O)c1cc(-c2cnc(SC)nc2)cc(-c2cnc(SC)nc2)c1. The number of thioether (sulfide) groups is 2. The van der Waals surface area contributed by atoms with Crippen LogP contribution in [0.25, 0.3) is 22.3 Å². The topological polar surface area (TPSA) is 154 Å². The predicted octanol–water partition coefficient (Wildman–Crippen LogP) is 4.32. The smallest absolute Gasteiger partial charge is 0.251 e. The molecule has 2 aromatic heterocycles. The Kier molecular flexibility index (Phi) is 24.1. The third-order valence-electron chi connectivity index (χ3n) is 6.97. The summed E-state index contributed by atoms with van der Waals surface area (Å²) in [5, 5.41) is 4.29. The lowest BCUT2D eigenvalue weighted by atomic mass is 9.98. The lowest BCUT2D eigenvalue weighted by molar-refractivity contribution is -0.0230. The van der Waals surface area contributed by atoms with Crippen molar-refractivity contribution in [2.75, 3.05) is 125 Å². The van der Waals surface area contributed by atoms with Crippen LogP contribution < -0.4 is 5.32 Å². The second kappa shape index (κ2) is 28.7. The number of hydrogen-bond donors (Lipinski definition) is 1. The van der Waals surface area contributed by atoms with Crippen LogP contribution in [0.4, 0.5) is 0 Å². The van der Waals surface area contributed by atoms with Crippen molar-refractivity contribution in [3.8, 4) is 22.3 Å². The van der Waals surface area contributed by atoms with Crippen LogP contribution in [0.3, 0.4) is 0 Å². The van der Waals surface area contributed by atoms with Crippen LogP contribution in [0.15, 0.2) is 53.3 Å². The number of nitrogens with zero attached hydrogens (tertiary/aromatic N) is 4. The maximum absolute atomic E-state index is 13.1. The minimum absolute atomic E-state index is 0.216. The molecule has 0 aliphatic heterocycles. The molecule has 1 amide bonds. The Bertz CT molecular complexity index is 1300. The zero-order valence-electron chi connectivity index (χ0n) is 30.5. The Hall–Kier alpha value is -2.77. The molecule has 0 fully saturated rings. The molecule has 52 heavy (non-hydrogen) atoms. The predicted molar refractivity (Wildman–Crippen MR) is 201 cm³/mol. The third-order valence-corrected chi connectivity index (χ3v) is 8.12. The van der Waals surface area contributed by atoms with E-state index in [1.165, 1.54) is 23.5 Å². The van der Waals surface area contributed by atoms with Gasteiger partial charge in [0.1, 0.15) is 0 Å². The Balaban J connectivity index is 1.19. The molecule has 1 aromatic carbocycles. The van der Waals surface area contributed by atoms with Crippen molar-refractivity contribution in [3.05, 3.63) is 48.5 Å². The molecule has 0 radical (unpaired) electrons. The van der Waals surface area contributed by atoms with E-state index in [0.717, 1.165) is 35.3 Å². The summed E-state index contributed by atoms with van der Waals surface area (Å²) in [4.78, 5) is 30.7. The molecule has 0 aliphatic rings. The van der Waals surface area contributed by atoms with E-state index >= 15 is 0 Å².